The summed E-state index contributed by atoms with van der Waals surface area (Å²) in [7, 11) is 0. The van der Waals surface area contributed by atoms with Gasteiger partial charge in [-0.15, -0.1) is 0 Å². The Hall–Kier alpha value is -3.02. The van der Waals surface area contributed by atoms with E-state index in [0.717, 1.165) is 11.6 Å². The number of hydrogen-bond donors (Lipinski definition) is 1. The van der Waals surface area contributed by atoms with E-state index >= 15 is 0 Å². The number of carbonyl (C=O) groups excluding carboxylic acids is 1. The van der Waals surface area contributed by atoms with Crippen molar-refractivity contribution in [3.05, 3.63) is 76.6 Å². The van der Waals surface area contributed by atoms with E-state index in [1.165, 1.54) is 23.0 Å². The zero-order valence-corrected chi connectivity index (χ0v) is 13.1. The average Bonchev–Trinajstić information content (AvgIpc) is 2.58. The summed E-state index contributed by atoms with van der Waals surface area (Å²) in [6, 6.07) is 13.1. The Kier molecular flexibility index (Phi) is 4.37. The lowest BCUT2D eigenvalue weighted by Crippen LogP contribution is -2.34. The zero-order chi connectivity index (χ0) is 17.1. The molecule has 2 aromatic carbocycles. The molecule has 0 aliphatic heterocycles. The van der Waals surface area contributed by atoms with Crippen LogP contribution in [0.1, 0.15) is 18.5 Å². The average molecular weight is 325 g/mol. The van der Waals surface area contributed by atoms with Crippen molar-refractivity contribution in [3.8, 4) is 0 Å². The van der Waals surface area contributed by atoms with E-state index in [9.17, 15) is 14.0 Å². The highest BCUT2D eigenvalue weighted by atomic mass is 19.1. The van der Waals surface area contributed by atoms with Gasteiger partial charge in [0, 0.05) is 0 Å². The van der Waals surface area contributed by atoms with Crippen molar-refractivity contribution >= 4 is 16.8 Å². The standard InChI is InChI=1S/C18H16FN3O2/c1-12(13-5-3-2-4-6-13)21-17(23)10-22-11-20-16-8-7-14(19)9-15(16)18(22)24/h2-9,11-12H,10H2,1H3,(H,21,23). The van der Waals surface area contributed by atoms with Crippen LogP contribution in [0.3, 0.4) is 0 Å². The van der Waals surface area contributed by atoms with Crippen molar-refractivity contribution in [1.82, 2.24) is 14.9 Å². The van der Waals surface area contributed by atoms with Crippen LogP contribution in [-0.2, 0) is 11.3 Å². The summed E-state index contributed by atoms with van der Waals surface area (Å²) in [5, 5.41) is 2.98. The fraction of sp³-hybridized carbons (Fsp3) is 0.167. The third-order valence-electron chi connectivity index (χ3n) is 3.78. The topological polar surface area (TPSA) is 64.0 Å². The highest BCUT2D eigenvalue weighted by Gasteiger charge is 2.12. The number of fused-ring (bicyclic) bond motifs is 1. The zero-order valence-electron chi connectivity index (χ0n) is 13.1. The lowest BCUT2D eigenvalue weighted by molar-refractivity contribution is -0.122. The monoisotopic (exact) mass is 325 g/mol. The van der Waals surface area contributed by atoms with Crippen molar-refractivity contribution in [2.45, 2.75) is 19.5 Å². The van der Waals surface area contributed by atoms with Crippen molar-refractivity contribution in [2.24, 2.45) is 0 Å². The van der Waals surface area contributed by atoms with Crippen molar-refractivity contribution < 1.29 is 9.18 Å². The van der Waals surface area contributed by atoms with Gasteiger partial charge in [0.1, 0.15) is 12.4 Å². The molecule has 1 aromatic heterocycles. The minimum atomic E-state index is -0.513. The first-order valence-corrected chi connectivity index (χ1v) is 7.53. The molecule has 1 amide bonds. The van der Waals surface area contributed by atoms with Crippen LogP contribution >= 0.6 is 0 Å². The van der Waals surface area contributed by atoms with E-state index in [0.29, 0.717) is 5.52 Å². The Morgan fingerprint density at radius 3 is 2.75 bits per heavy atom. The number of nitrogens with zero attached hydrogens (tertiary/aromatic N) is 2. The maximum atomic E-state index is 13.3. The lowest BCUT2D eigenvalue weighted by Gasteiger charge is -2.15. The number of nitrogens with one attached hydrogen (secondary N) is 1. The normalized spacial score (nSPS) is 12.1. The lowest BCUT2D eigenvalue weighted by atomic mass is 10.1. The summed E-state index contributed by atoms with van der Waals surface area (Å²) < 4.78 is 14.5. The van der Waals surface area contributed by atoms with Gasteiger partial charge in [-0.25, -0.2) is 9.37 Å². The fourth-order valence-electron chi connectivity index (χ4n) is 2.51. The predicted octanol–water partition coefficient (Wildman–Crippen LogP) is 2.41. The third kappa shape index (κ3) is 3.32. The Bertz CT molecular complexity index is 938. The molecular formula is C18H16FN3O2. The molecule has 1 N–H and O–H groups in total. The Morgan fingerprint density at radius 2 is 2.00 bits per heavy atom. The first-order valence-electron chi connectivity index (χ1n) is 7.53. The molecule has 0 aliphatic rings. The summed E-state index contributed by atoms with van der Waals surface area (Å²) in [6.45, 7) is 1.69. The van der Waals surface area contributed by atoms with Crippen LogP contribution < -0.4 is 10.9 Å². The molecule has 0 aliphatic carbocycles. The maximum absolute atomic E-state index is 13.3. The molecule has 122 valence electrons. The molecule has 3 rings (SSSR count). The van der Waals surface area contributed by atoms with Gasteiger partial charge in [-0.05, 0) is 30.7 Å². The number of amides is 1. The maximum Gasteiger partial charge on any atom is 0.261 e. The smallest absolute Gasteiger partial charge is 0.261 e. The van der Waals surface area contributed by atoms with Gasteiger partial charge in [0.25, 0.3) is 5.56 Å². The molecule has 0 saturated carbocycles. The molecule has 6 heteroatoms. The number of aromatic nitrogens is 2. The highest BCUT2D eigenvalue weighted by Crippen LogP contribution is 2.11. The summed E-state index contributed by atoms with van der Waals surface area (Å²) in [5.74, 6) is -0.827. The molecule has 0 bridgehead atoms. The first-order chi connectivity index (χ1) is 11.5. The van der Waals surface area contributed by atoms with Crippen LogP contribution in [0.2, 0.25) is 0 Å². The van der Waals surface area contributed by atoms with E-state index in [1.807, 2.05) is 37.3 Å². The second-order valence-electron chi connectivity index (χ2n) is 5.54. The summed E-state index contributed by atoms with van der Waals surface area (Å²) in [4.78, 5) is 28.6. The van der Waals surface area contributed by atoms with E-state index in [2.05, 4.69) is 10.3 Å². The fourth-order valence-corrected chi connectivity index (χ4v) is 2.51. The van der Waals surface area contributed by atoms with Crippen LogP contribution in [-0.4, -0.2) is 15.5 Å². The first kappa shape index (κ1) is 15.9. The minimum Gasteiger partial charge on any atom is -0.348 e. The van der Waals surface area contributed by atoms with Gasteiger partial charge < -0.3 is 5.32 Å². The Morgan fingerprint density at radius 1 is 1.25 bits per heavy atom. The molecule has 5 nitrogen and oxygen atoms in total. The number of halogens is 1. The van der Waals surface area contributed by atoms with Gasteiger partial charge in [0.2, 0.25) is 5.91 Å². The molecule has 0 fully saturated rings. The highest BCUT2D eigenvalue weighted by molar-refractivity contribution is 5.79. The van der Waals surface area contributed by atoms with Gasteiger partial charge in [-0.2, -0.15) is 0 Å². The molecule has 1 atom stereocenters. The Balaban J connectivity index is 1.78. The molecule has 3 aromatic rings. The van der Waals surface area contributed by atoms with Crippen LogP contribution in [0.5, 0.6) is 0 Å². The van der Waals surface area contributed by atoms with Crippen molar-refractivity contribution in [3.63, 3.8) is 0 Å². The molecule has 1 unspecified atom stereocenters. The molecule has 0 saturated heterocycles. The number of benzene rings is 2. The van der Waals surface area contributed by atoms with Crippen LogP contribution in [0.25, 0.3) is 10.9 Å². The van der Waals surface area contributed by atoms with Crippen LogP contribution in [0, 0.1) is 5.82 Å². The summed E-state index contributed by atoms with van der Waals surface area (Å²) in [6.07, 6.45) is 1.30. The van der Waals surface area contributed by atoms with E-state index in [4.69, 9.17) is 0 Å². The van der Waals surface area contributed by atoms with Crippen LogP contribution in [0.4, 0.5) is 4.39 Å². The van der Waals surface area contributed by atoms with Gasteiger partial charge in [0.05, 0.1) is 23.3 Å². The summed E-state index contributed by atoms with van der Waals surface area (Å²) >= 11 is 0. The van der Waals surface area contributed by atoms with Crippen LogP contribution in [0.15, 0.2) is 59.7 Å². The number of carbonyl (C=O) groups is 1. The Labute approximate surface area is 137 Å². The predicted molar refractivity (Wildman–Crippen MR) is 89.0 cm³/mol. The SMILES string of the molecule is CC(NC(=O)Cn1cnc2ccc(F)cc2c1=O)c1ccccc1. The van der Waals surface area contributed by atoms with E-state index in [-0.39, 0.29) is 23.9 Å². The molecule has 0 spiro atoms. The number of rotatable bonds is 4. The number of hydrogen-bond acceptors (Lipinski definition) is 3. The second kappa shape index (κ2) is 6.62. The minimum absolute atomic E-state index is 0.154. The third-order valence-corrected chi connectivity index (χ3v) is 3.78. The van der Waals surface area contributed by atoms with Crippen molar-refractivity contribution in [1.29, 1.82) is 0 Å². The van der Waals surface area contributed by atoms with Gasteiger partial charge >= 0.3 is 0 Å². The quantitative estimate of drug-likeness (QED) is 0.801. The summed E-state index contributed by atoms with van der Waals surface area (Å²) in [5.41, 5.74) is 0.926. The molecular weight excluding hydrogens is 309 g/mol. The molecule has 0 radical (unpaired) electrons. The largest absolute Gasteiger partial charge is 0.348 e. The molecule has 24 heavy (non-hydrogen) atoms. The van der Waals surface area contributed by atoms with E-state index < -0.39 is 11.4 Å². The van der Waals surface area contributed by atoms with Crippen molar-refractivity contribution in [2.75, 3.05) is 0 Å². The van der Waals surface area contributed by atoms with Gasteiger partial charge in [0.15, 0.2) is 0 Å². The van der Waals surface area contributed by atoms with Gasteiger partial charge in [-0.1, -0.05) is 30.3 Å². The van der Waals surface area contributed by atoms with Gasteiger partial charge in [-0.3, -0.25) is 14.2 Å². The second-order valence-corrected chi connectivity index (χ2v) is 5.54. The van der Waals surface area contributed by atoms with E-state index in [1.54, 1.807) is 0 Å². The molecule has 1 heterocycles.